The molecular weight excluding hydrogens is 276 g/mol. The summed E-state index contributed by atoms with van der Waals surface area (Å²) in [6.07, 6.45) is 5.47. The van der Waals surface area contributed by atoms with Crippen LogP contribution in [0.15, 0.2) is 30.7 Å². The summed E-state index contributed by atoms with van der Waals surface area (Å²) in [6.45, 7) is 5.96. The fourth-order valence-electron chi connectivity index (χ4n) is 2.81. The third kappa shape index (κ3) is 2.95. The molecular formula is C16H20N6. The molecule has 1 aliphatic heterocycles. The highest BCUT2D eigenvalue weighted by molar-refractivity contribution is 5.42. The average molecular weight is 296 g/mol. The van der Waals surface area contributed by atoms with E-state index in [9.17, 15) is 0 Å². The van der Waals surface area contributed by atoms with Crippen molar-refractivity contribution < 1.29 is 0 Å². The lowest BCUT2D eigenvalue weighted by atomic mass is 10.2. The van der Waals surface area contributed by atoms with E-state index in [0.717, 1.165) is 37.8 Å². The van der Waals surface area contributed by atoms with E-state index in [1.807, 2.05) is 31.6 Å². The van der Waals surface area contributed by atoms with Crippen molar-refractivity contribution in [1.29, 1.82) is 5.26 Å². The summed E-state index contributed by atoms with van der Waals surface area (Å²) in [5.74, 6) is 2.04. The fourth-order valence-corrected chi connectivity index (χ4v) is 2.81. The second kappa shape index (κ2) is 6.16. The lowest BCUT2D eigenvalue weighted by Gasteiger charge is -2.40. The third-order valence-electron chi connectivity index (χ3n) is 4.23. The summed E-state index contributed by atoms with van der Waals surface area (Å²) < 4.78 is 2.07. The Balaban J connectivity index is 1.64. The molecule has 114 valence electrons. The number of pyridine rings is 1. The maximum absolute atomic E-state index is 8.84. The van der Waals surface area contributed by atoms with Crippen LogP contribution in [-0.2, 0) is 13.6 Å². The van der Waals surface area contributed by atoms with Gasteiger partial charge in [-0.05, 0) is 19.1 Å². The van der Waals surface area contributed by atoms with E-state index in [2.05, 4.69) is 37.3 Å². The third-order valence-corrected chi connectivity index (χ3v) is 4.23. The van der Waals surface area contributed by atoms with Crippen molar-refractivity contribution in [2.45, 2.75) is 19.5 Å². The number of nitriles is 1. The van der Waals surface area contributed by atoms with E-state index >= 15 is 0 Å². The zero-order chi connectivity index (χ0) is 15.5. The van der Waals surface area contributed by atoms with E-state index in [0.29, 0.717) is 11.6 Å². The van der Waals surface area contributed by atoms with Crippen molar-refractivity contribution in [1.82, 2.24) is 19.4 Å². The Morgan fingerprint density at radius 3 is 2.77 bits per heavy atom. The van der Waals surface area contributed by atoms with Gasteiger partial charge in [-0.25, -0.2) is 9.97 Å². The molecule has 0 radical (unpaired) electrons. The maximum atomic E-state index is 8.84. The van der Waals surface area contributed by atoms with Crippen LogP contribution < -0.4 is 4.90 Å². The molecule has 0 aromatic carbocycles. The number of hydrogen-bond acceptors (Lipinski definition) is 5. The second-order valence-electron chi connectivity index (χ2n) is 5.74. The van der Waals surface area contributed by atoms with Crippen LogP contribution in [0, 0.1) is 11.3 Å². The summed E-state index contributed by atoms with van der Waals surface area (Å²) >= 11 is 0. The SMILES string of the molecule is C[C@@H]1CN(c2ccc(C#N)cn2)CCN1Cc1nccn1C. The van der Waals surface area contributed by atoms with Crippen molar-refractivity contribution in [2.24, 2.45) is 7.05 Å². The summed E-state index contributed by atoms with van der Waals surface area (Å²) in [5.41, 5.74) is 0.602. The first kappa shape index (κ1) is 14.5. The van der Waals surface area contributed by atoms with Crippen molar-refractivity contribution in [3.8, 4) is 6.07 Å². The molecule has 2 aromatic rings. The van der Waals surface area contributed by atoms with E-state index in [1.165, 1.54) is 0 Å². The Hall–Kier alpha value is -2.39. The molecule has 22 heavy (non-hydrogen) atoms. The number of nitrogens with zero attached hydrogens (tertiary/aromatic N) is 6. The molecule has 0 amide bonds. The van der Waals surface area contributed by atoms with Gasteiger partial charge < -0.3 is 9.47 Å². The van der Waals surface area contributed by atoms with Gasteiger partial charge in [0.1, 0.15) is 17.7 Å². The van der Waals surface area contributed by atoms with Gasteiger partial charge in [0.05, 0.1) is 12.1 Å². The molecule has 1 atom stereocenters. The zero-order valence-electron chi connectivity index (χ0n) is 13.0. The van der Waals surface area contributed by atoms with Gasteiger partial charge in [0.25, 0.3) is 0 Å². The quantitative estimate of drug-likeness (QED) is 0.857. The predicted molar refractivity (Wildman–Crippen MR) is 84.2 cm³/mol. The van der Waals surface area contributed by atoms with Gasteiger partial charge in [0.2, 0.25) is 0 Å². The first-order valence-electron chi connectivity index (χ1n) is 7.48. The lowest BCUT2D eigenvalue weighted by molar-refractivity contribution is 0.174. The van der Waals surface area contributed by atoms with Gasteiger partial charge in [-0.2, -0.15) is 5.26 Å². The normalized spacial score (nSPS) is 19.1. The molecule has 6 nitrogen and oxygen atoms in total. The lowest BCUT2D eigenvalue weighted by Crippen LogP contribution is -2.51. The first-order valence-corrected chi connectivity index (χ1v) is 7.48. The Bertz CT molecular complexity index is 669. The van der Waals surface area contributed by atoms with Gasteiger partial charge in [0.15, 0.2) is 0 Å². The fraction of sp³-hybridized carbons (Fsp3) is 0.438. The molecule has 0 unspecified atom stereocenters. The minimum Gasteiger partial charge on any atom is -0.354 e. The van der Waals surface area contributed by atoms with E-state index in [-0.39, 0.29) is 0 Å². The van der Waals surface area contributed by atoms with Crippen molar-refractivity contribution in [3.05, 3.63) is 42.1 Å². The second-order valence-corrected chi connectivity index (χ2v) is 5.74. The largest absolute Gasteiger partial charge is 0.354 e. The predicted octanol–water partition coefficient (Wildman–Crippen LogP) is 1.40. The van der Waals surface area contributed by atoms with Crippen LogP contribution in [0.25, 0.3) is 0 Å². The molecule has 0 saturated carbocycles. The van der Waals surface area contributed by atoms with E-state index in [1.54, 1.807) is 6.20 Å². The number of imidazole rings is 1. The minimum atomic E-state index is 0.433. The van der Waals surface area contributed by atoms with Crippen LogP contribution in [0.4, 0.5) is 5.82 Å². The van der Waals surface area contributed by atoms with Gasteiger partial charge in [-0.3, -0.25) is 4.90 Å². The van der Waals surface area contributed by atoms with Crippen LogP contribution in [0.3, 0.4) is 0 Å². The molecule has 3 heterocycles. The maximum Gasteiger partial charge on any atom is 0.128 e. The Morgan fingerprint density at radius 1 is 1.32 bits per heavy atom. The number of aromatic nitrogens is 3. The van der Waals surface area contributed by atoms with Gasteiger partial charge in [-0.1, -0.05) is 0 Å². The zero-order valence-corrected chi connectivity index (χ0v) is 13.0. The Morgan fingerprint density at radius 2 is 2.18 bits per heavy atom. The summed E-state index contributed by atoms with van der Waals surface area (Å²) in [5, 5.41) is 8.84. The molecule has 0 N–H and O–H groups in total. The highest BCUT2D eigenvalue weighted by Gasteiger charge is 2.25. The van der Waals surface area contributed by atoms with Crippen LogP contribution in [0.2, 0.25) is 0 Å². The summed E-state index contributed by atoms with van der Waals surface area (Å²) in [6, 6.07) is 6.29. The molecule has 1 saturated heterocycles. The molecule has 1 fully saturated rings. The van der Waals surface area contributed by atoms with Gasteiger partial charge >= 0.3 is 0 Å². The molecule has 1 aliphatic rings. The number of hydrogen-bond donors (Lipinski definition) is 0. The molecule has 0 aliphatic carbocycles. The Kier molecular flexibility index (Phi) is 4.07. The molecule has 0 spiro atoms. The van der Waals surface area contributed by atoms with Crippen LogP contribution >= 0.6 is 0 Å². The van der Waals surface area contributed by atoms with Crippen LogP contribution in [0.1, 0.15) is 18.3 Å². The highest BCUT2D eigenvalue weighted by Crippen LogP contribution is 2.18. The van der Waals surface area contributed by atoms with Crippen molar-refractivity contribution in [3.63, 3.8) is 0 Å². The first-order chi connectivity index (χ1) is 10.7. The van der Waals surface area contributed by atoms with E-state index in [4.69, 9.17) is 5.26 Å². The molecule has 6 heteroatoms. The number of piperazine rings is 1. The number of rotatable bonds is 3. The van der Waals surface area contributed by atoms with Crippen LogP contribution in [0.5, 0.6) is 0 Å². The summed E-state index contributed by atoms with van der Waals surface area (Å²) in [7, 11) is 2.03. The van der Waals surface area contributed by atoms with E-state index < -0.39 is 0 Å². The van der Waals surface area contributed by atoms with Crippen molar-refractivity contribution in [2.75, 3.05) is 24.5 Å². The number of aryl methyl sites for hydroxylation is 1. The molecule has 2 aromatic heterocycles. The smallest absolute Gasteiger partial charge is 0.128 e. The monoisotopic (exact) mass is 296 g/mol. The molecule has 3 rings (SSSR count). The summed E-state index contributed by atoms with van der Waals surface area (Å²) in [4.78, 5) is 13.5. The standard InChI is InChI=1S/C16H20N6/c1-13-11-22(15-4-3-14(9-17)10-19-15)8-7-21(13)12-16-18-5-6-20(16)2/h3-6,10,13H,7-8,11-12H2,1-2H3/t13-/m1/s1. The Labute approximate surface area is 130 Å². The van der Waals surface area contributed by atoms with Crippen LogP contribution in [-0.4, -0.2) is 45.1 Å². The topological polar surface area (TPSA) is 61.0 Å². The highest BCUT2D eigenvalue weighted by atomic mass is 15.3. The van der Waals surface area contributed by atoms with Gasteiger partial charge in [0, 0.05) is 51.3 Å². The molecule has 0 bridgehead atoms. The minimum absolute atomic E-state index is 0.433. The number of anilines is 1. The average Bonchev–Trinajstić information content (AvgIpc) is 2.94. The van der Waals surface area contributed by atoms with Gasteiger partial charge in [-0.15, -0.1) is 0 Å². The van der Waals surface area contributed by atoms with Crippen molar-refractivity contribution >= 4 is 5.82 Å².